The number of amides is 1. The highest BCUT2D eigenvalue weighted by Gasteiger charge is 2.10. The van der Waals surface area contributed by atoms with Crippen LogP contribution in [0.1, 0.15) is 27.0 Å². The van der Waals surface area contributed by atoms with E-state index in [0.717, 1.165) is 49.5 Å². The van der Waals surface area contributed by atoms with Gasteiger partial charge in [-0.1, -0.05) is 36.1 Å². The molecule has 0 radical (unpaired) electrons. The fourth-order valence-electron chi connectivity index (χ4n) is 3.43. The average Bonchev–Trinajstić information content (AvgIpc) is 2.83. The fourth-order valence-corrected chi connectivity index (χ4v) is 3.43. The van der Waals surface area contributed by atoms with Gasteiger partial charge in [-0.25, -0.2) is 5.48 Å². The zero-order valence-electron chi connectivity index (χ0n) is 17.0. The van der Waals surface area contributed by atoms with Gasteiger partial charge in [-0.3, -0.25) is 19.9 Å². The van der Waals surface area contributed by atoms with Crippen LogP contribution in [0.4, 0.5) is 0 Å². The van der Waals surface area contributed by atoms with E-state index in [9.17, 15) is 4.79 Å². The molecule has 31 heavy (non-hydrogen) atoms. The van der Waals surface area contributed by atoms with E-state index in [1.807, 2.05) is 36.4 Å². The molecule has 0 saturated carbocycles. The lowest BCUT2D eigenvalue weighted by molar-refractivity contribution is 0.0342. The molecule has 156 valence electrons. The van der Waals surface area contributed by atoms with Gasteiger partial charge in [-0.05, 0) is 42.0 Å². The van der Waals surface area contributed by atoms with Crippen LogP contribution in [0.3, 0.4) is 0 Å². The highest BCUT2D eigenvalue weighted by Crippen LogP contribution is 2.18. The number of rotatable bonds is 4. The summed E-state index contributed by atoms with van der Waals surface area (Å²) in [5.74, 6) is 5.88. The van der Waals surface area contributed by atoms with Crippen LogP contribution in [-0.4, -0.2) is 47.3 Å². The van der Waals surface area contributed by atoms with Crippen LogP contribution in [-0.2, 0) is 11.3 Å². The summed E-state index contributed by atoms with van der Waals surface area (Å²) in [5, 5.41) is 8.80. The summed E-state index contributed by atoms with van der Waals surface area (Å²) >= 11 is 0. The Labute approximate surface area is 181 Å². The predicted octanol–water partition coefficient (Wildman–Crippen LogP) is 3.10. The zero-order chi connectivity index (χ0) is 21.5. The molecule has 1 amide bonds. The first-order valence-electron chi connectivity index (χ1n) is 10.1. The smallest absolute Gasteiger partial charge is 0.274 e. The lowest BCUT2D eigenvalue weighted by Gasteiger charge is -2.26. The lowest BCUT2D eigenvalue weighted by atomic mass is 10.1. The molecule has 6 nitrogen and oxygen atoms in total. The second-order valence-electron chi connectivity index (χ2n) is 7.29. The molecule has 3 aromatic rings. The van der Waals surface area contributed by atoms with E-state index < -0.39 is 5.91 Å². The van der Waals surface area contributed by atoms with Gasteiger partial charge in [0.25, 0.3) is 5.91 Å². The zero-order valence-corrected chi connectivity index (χ0v) is 17.0. The maximum absolute atomic E-state index is 11.6. The Morgan fingerprint density at radius 1 is 1.03 bits per heavy atom. The molecule has 6 heteroatoms. The second-order valence-corrected chi connectivity index (χ2v) is 7.29. The van der Waals surface area contributed by atoms with Crippen molar-refractivity contribution in [3.05, 3.63) is 89.1 Å². The first-order valence-corrected chi connectivity index (χ1v) is 10.1. The molecule has 1 fully saturated rings. The molecular weight excluding hydrogens is 390 g/mol. The van der Waals surface area contributed by atoms with Crippen LogP contribution < -0.4 is 5.48 Å². The topological polar surface area (TPSA) is 74.7 Å². The number of carbonyl (C=O) groups is 1. The number of benzene rings is 2. The third kappa shape index (κ3) is 5.56. The number of hydroxylamine groups is 1. The highest BCUT2D eigenvalue weighted by atomic mass is 16.5. The molecule has 1 aliphatic rings. The molecule has 0 unspecified atom stereocenters. The summed E-state index contributed by atoms with van der Waals surface area (Å²) in [6.45, 7) is 4.43. The van der Waals surface area contributed by atoms with Gasteiger partial charge in [0.1, 0.15) is 0 Å². The van der Waals surface area contributed by atoms with Crippen molar-refractivity contribution in [3.63, 3.8) is 0 Å². The summed E-state index contributed by atoms with van der Waals surface area (Å²) < 4.78 is 5.41. The number of aromatic nitrogens is 1. The van der Waals surface area contributed by atoms with Crippen molar-refractivity contribution < 1.29 is 14.7 Å². The minimum Gasteiger partial charge on any atom is -0.379 e. The number of carbonyl (C=O) groups excluding carboxylic acids is 1. The minimum absolute atomic E-state index is 0.341. The van der Waals surface area contributed by atoms with Crippen LogP contribution in [0, 0.1) is 11.8 Å². The Bertz CT molecular complexity index is 1110. The Balaban J connectivity index is 1.45. The van der Waals surface area contributed by atoms with E-state index >= 15 is 0 Å². The van der Waals surface area contributed by atoms with Crippen molar-refractivity contribution in [1.29, 1.82) is 0 Å². The van der Waals surface area contributed by atoms with Gasteiger partial charge in [-0.15, -0.1) is 0 Å². The molecule has 0 aliphatic carbocycles. The van der Waals surface area contributed by atoms with Gasteiger partial charge in [0, 0.05) is 48.1 Å². The van der Waals surface area contributed by atoms with Gasteiger partial charge in [-0.2, -0.15) is 0 Å². The van der Waals surface area contributed by atoms with Crippen LogP contribution in [0.2, 0.25) is 0 Å². The number of nitrogens with zero attached hydrogens (tertiary/aromatic N) is 2. The van der Waals surface area contributed by atoms with E-state index in [1.54, 1.807) is 17.6 Å². The van der Waals surface area contributed by atoms with E-state index in [4.69, 9.17) is 9.94 Å². The van der Waals surface area contributed by atoms with Gasteiger partial charge >= 0.3 is 0 Å². The van der Waals surface area contributed by atoms with Crippen LogP contribution in [0.15, 0.2) is 66.9 Å². The quantitative estimate of drug-likeness (QED) is 0.391. The monoisotopic (exact) mass is 413 g/mol. The largest absolute Gasteiger partial charge is 0.379 e. The molecule has 0 bridgehead atoms. The summed E-state index contributed by atoms with van der Waals surface area (Å²) in [6, 6.07) is 19.2. The number of hydrogen-bond acceptors (Lipinski definition) is 5. The third-order valence-electron chi connectivity index (χ3n) is 5.09. The summed E-state index contributed by atoms with van der Waals surface area (Å²) in [7, 11) is 0. The number of ether oxygens (including phenoxy) is 1. The minimum atomic E-state index is -0.568. The highest BCUT2D eigenvalue weighted by molar-refractivity contribution is 5.94. The van der Waals surface area contributed by atoms with Crippen molar-refractivity contribution in [1.82, 2.24) is 15.4 Å². The molecule has 4 rings (SSSR count). The molecule has 1 saturated heterocycles. The van der Waals surface area contributed by atoms with Crippen molar-refractivity contribution in [2.75, 3.05) is 26.3 Å². The molecule has 1 aliphatic heterocycles. The van der Waals surface area contributed by atoms with Crippen LogP contribution >= 0.6 is 0 Å². The second kappa shape index (κ2) is 10.0. The normalized spacial score (nSPS) is 13.8. The van der Waals surface area contributed by atoms with Crippen molar-refractivity contribution >= 4 is 5.91 Å². The summed E-state index contributed by atoms with van der Waals surface area (Å²) in [4.78, 5) is 18.3. The Morgan fingerprint density at radius 2 is 1.81 bits per heavy atom. The first kappa shape index (κ1) is 20.8. The maximum atomic E-state index is 11.6. The van der Waals surface area contributed by atoms with Crippen molar-refractivity contribution in [2.24, 2.45) is 0 Å². The molecule has 1 aromatic heterocycles. The third-order valence-corrected chi connectivity index (χ3v) is 5.09. The number of pyridine rings is 1. The fraction of sp³-hybridized carbons (Fsp3) is 0.200. The molecule has 2 heterocycles. The summed E-state index contributed by atoms with van der Waals surface area (Å²) in [6.07, 6.45) is 1.54. The Kier molecular flexibility index (Phi) is 6.70. The van der Waals surface area contributed by atoms with Gasteiger partial charge in [0.2, 0.25) is 0 Å². The van der Waals surface area contributed by atoms with Gasteiger partial charge in [0.05, 0.1) is 18.9 Å². The number of hydrogen-bond donors (Lipinski definition) is 2. The number of morpholine rings is 1. The van der Waals surface area contributed by atoms with Crippen molar-refractivity contribution in [3.8, 4) is 23.1 Å². The van der Waals surface area contributed by atoms with Crippen LogP contribution in [0.25, 0.3) is 11.3 Å². The average molecular weight is 413 g/mol. The van der Waals surface area contributed by atoms with E-state index in [0.29, 0.717) is 11.3 Å². The SMILES string of the molecule is O=C(NO)c1ccnc(-c2ccc(C#Cc3cccc(CN4CCOCC4)c3)cc2)c1. The molecule has 0 atom stereocenters. The summed E-state index contributed by atoms with van der Waals surface area (Å²) in [5.41, 5.74) is 6.62. The molecule has 2 aromatic carbocycles. The van der Waals surface area contributed by atoms with Crippen molar-refractivity contribution in [2.45, 2.75) is 6.54 Å². The standard InChI is InChI=1S/C25H23N3O3/c29-25(27-30)23-10-11-26-24(17-23)22-8-6-19(7-9-22)4-5-20-2-1-3-21(16-20)18-28-12-14-31-15-13-28/h1-3,6-11,16-17,30H,12-15,18H2,(H,27,29). The lowest BCUT2D eigenvalue weighted by Crippen LogP contribution is -2.35. The molecule has 0 spiro atoms. The maximum Gasteiger partial charge on any atom is 0.274 e. The van der Waals surface area contributed by atoms with E-state index in [1.165, 1.54) is 11.8 Å². The number of nitrogens with one attached hydrogen (secondary N) is 1. The molecular formula is C25H23N3O3. The van der Waals surface area contributed by atoms with E-state index in [-0.39, 0.29) is 0 Å². The predicted molar refractivity (Wildman–Crippen MR) is 117 cm³/mol. The first-order chi connectivity index (χ1) is 15.2. The Morgan fingerprint density at radius 3 is 2.58 bits per heavy atom. The van der Waals surface area contributed by atoms with Gasteiger partial charge in [0.15, 0.2) is 0 Å². The Hall–Kier alpha value is -3.50. The van der Waals surface area contributed by atoms with Gasteiger partial charge < -0.3 is 4.74 Å². The van der Waals surface area contributed by atoms with Crippen LogP contribution in [0.5, 0.6) is 0 Å². The molecule has 2 N–H and O–H groups in total. The van der Waals surface area contributed by atoms with E-state index in [2.05, 4.69) is 33.9 Å².